The van der Waals surface area contributed by atoms with Crippen LogP contribution in [0.5, 0.6) is 0 Å². The summed E-state index contributed by atoms with van der Waals surface area (Å²) in [5.74, 6) is 0.559. The zero-order chi connectivity index (χ0) is 19.2. The third kappa shape index (κ3) is 6.30. The molecule has 2 rings (SSSR count). The Bertz CT molecular complexity index is 523. The summed E-state index contributed by atoms with van der Waals surface area (Å²) in [6.07, 6.45) is 5.08. The molecular formula is C19H35IN4O3. The number of hydrogen-bond acceptors (Lipinski definition) is 4. The molecule has 1 aliphatic heterocycles. The van der Waals surface area contributed by atoms with E-state index in [9.17, 15) is 9.59 Å². The number of carbonyl (C=O) groups is 2. The standard InChI is InChI=1S/C19H34N4O3.HI/c1-5-6-12-26-15-13-14(19(15,2)3)22-18(20-4)21-10-11-23-16(24)8-7-9-17(23)25;/h14-15H,5-13H2,1-4H3,(H2,20,21,22);1H. The van der Waals surface area contributed by atoms with E-state index >= 15 is 0 Å². The van der Waals surface area contributed by atoms with Gasteiger partial charge in [-0.25, -0.2) is 0 Å². The van der Waals surface area contributed by atoms with Gasteiger partial charge in [-0.05, 0) is 19.3 Å². The van der Waals surface area contributed by atoms with Crippen LogP contribution in [0.2, 0.25) is 0 Å². The van der Waals surface area contributed by atoms with Gasteiger partial charge in [-0.3, -0.25) is 19.5 Å². The van der Waals surface area contributed by atoms with Gasteiger partial charge >= 0.3 is 0 Å². The average Bonchev–Trinajstić information content (AvgIpc) is 2.61. The largest absolute Gasteiger partial charge is 0.378 e. The minimum Gasteiger partial charge on any atom is -0.378 e. The molecule has 0 bridgehead atoms. The lowest BCUT2D eigenvalue weighted by molar-refractivity contribution is -0.147. The number of halogens is 1. The van der Waals surface area contributed by atoms with Crippen LogP contribution in [-0.2, 0) is 14.3 Å². The van der Waals surface area contributed by atoms with Crippen molar-refractivity contribution in [3.63, 3.8) is 0 Å². The summed E-state index contributed by atoms with van der Waals surface area (Å²) in [4.78, 5) is 29.3. The van der Waals surface area contributed by atoms with Crippen LogP contribution < -0.4 is 10.6 Å². The number of unbranched alkanes of at least 4 members (excludes halogenated alkanes) is 1. The fourth-order valence-corrected chi connectivity index (χ4v) is 3.48. The second kappa shape index (κ2) is 11.2. The smallest absolute Gasteiger partial charge is 0.229 e. The quantitative estimate of drug-likeness (QED) is 0.178. The first kappa shape index (κ1) is 24.1. The van der Waals surface area contributed by atoms with Crippen LogP contribution in [0.15, 0.2) is 4.99 Å². The van der Waals surface area contributed by atoms with Crippen molar-refractivity contribution in [2.24, 2.45) is 10.4 Å². The molecule has 2 unspecified atom stereocenters. The van der Waals surface area contributed by atoms with E-state index < -0.39 is 0 Å². The highest BCUT2D eigenvalue weighted by molar-refractivity contribution is 14.0. The first-order chi connectivity index (χ1) is 12.4. The van der Waals surface area contributed by atoms with Crippen molar-refractivity contribution in [1.29, 1.82) is 0 Å². The van der Waals surface area contributed by atoms with Gasteiger partial charge in [0.05, 0.1) is 6.10 Å². The van der Waals surface area contributed by atoms with E-state index in [0.29, 0.717) is 44.4 Å². The number of likely N-dealkylation sites (tertiary alicyclic amines) is 1. The molecule has 2 fully saturated rings. The van der Waals surface area contributed by atoms with Gasteiger partial charge in [-0.15, -0.1) is 24.0 Å². The third-order valence-electron chi connectivity index (χ3n) is 5.54. The molecule has 0 radical (unpaired) electrons. The van der Waals surface area contributed by atoms with E-state index in [4.69, 9.17) is 4.74 Å². The Morgan fingerprint density at radius 2 is 1.96 bits per heavy atom. The summed E-state index contributed by atoms with van der Waals surface area (Å²) >= 11 is 0. The number of aliphatic imine (C=N–C) groups is 1. The van der Waals surface area contributed by atoms with Gasteiger partial charge in [-0.1, -0.05) is 27.2 Å². The van der Waals surface area contributed by atoms with E-state index in [-0.39, 0.29) is 47.3 Å². The highest BCUT2D eigenvalue weighted by Gasteiger charge is 2.49. The van der Waals surface area contributed by atoms with Crippen LogP contribution in [0.4, 0.5) is 0 Å². The first-order valence-corrected chi connectivity index (χ1v) is 9.82. The van der Waals surface area contributed by atoms with Crippen molar-refractivity contribution in [2.45, 2.75) is 71.4 Å². The maximum absolute atomic E-state index is 11.8. The van der Waals surface area contributed by atoms with E-state index in [0.717, 1.165) is 25.9 Å². The normalized spacial score (nSPS) is 24.9. The Balaban J connectivity index is 0.00000364. The van der Waals surface area contributed by atoms with E-state index in [1.165, 1.54) is 4.90 Å². The number of ether oxygens (including phenoxy) is 1. The molecule has 0 aromatic heterocycles. The lowest BCUT2D eigenvalue weighted by Crippen LogP contribution is -2.63. The number of guanidine groups is 1. The average molecular weight is 494 g/mol. The molecule has 1 saturated heterocycles. The number of imide groups is 1. The highest BCUT2D eigenvalue weighted by Crippen LogP contribution is 2.42. The summed E-state index contributed by atoms with van der Waals surface area (Å²) in [6, 6.07) is 0.290. The molecule has 8 heteroatoms. The van der Waals surface area contributed by atoms with Crippen molar-refractivity contribution in [1.82, 2.24) is 15.5 Å². The minimum atomic E-state index is -0.0711. The number of carbonyl (C=O) groups excluding carboxylic acids is 2. The van der Waals surface area contributed by atoms with Gasteiger partial charge in [-0.2, -0.15) is 0 Å². The molecule has 0 aromatic rings. The second-order valence-electron chi connectivity index (χ2n) is 7.76. The van der Waals surface area contributed by atoms with E-state index in [2.05, 4.69) is 36.4 Å². The molecule has 0 aromatic carbocycles. The minimum absolute atomic E-state index is 0. The monoisotopic (exact) mass is 494 g/mol. The molecule has 27 heavy (non-hydrogen) atoms. The predicted octanol–water partition coefficient (Wildman–Crippen LogP) is 2.29. The van der Waals surface area contributed by atoms with Crippen molar-refractivity contribution in [3.8, 4) is 0 Å². The van der Waals surface area contributed by atoms with Crippen molar-refractivity contribution in [3.05, 3.63) is 0 Å². The summed E-state index contributed by atoms with van der Waals surface area (Å²) in [5, 5.41) is 6.66. The summed E-state index contributed by atoms with van der Waals surface area (Å²) in [6.45, 7) is 8.30. The molecule has 2 atom stereocenters. The number of hydrogen-bond donors (Lipinski definition) is 2. The topological polar surface area (TPSA) is 83.0 Å². The maximum atomic E-state index is 11.8. The van der Waals surface area contributed by atoms with E-state index in [1.54, 1.807) is 7.05 Å². The summed E-state index contributed by atoms with van der Waals surface area (Å²) in [7, 11) is 1.73. The van der Waals surface area contributed by atoms with Crippen LogP contribution in [0.1, 0.15) is 59.3 Å². The first-order valence-electron chi connectivity index (χ1n) is 9.82. The Kier molecular flexibility index (Phi) is 10.0. The molecule has 0 spiro atoms. The van der Waals surface area contributed by atoms with Crippen molar-refractivity contribution < 1.29 is 14.3 Å². The fourth-order valence-electron chi connectivity index (χ4n) is 3.48. The Hall–Kier alpha value is -0.900. The maximum Gasteiger partial charge on any atom is 0.229 e. The molecule has 1 heterocycles. The zero-order valence-corrected chi connectivity index (χ0v) is 19.4. The lowest BCUT2D eigenvalue weighted by atomic mass is 9.64. The SMILES string of the molecule is CCCCOC1CC(NC(=NC)NCCN2C(=O)CCCC2=O)C1(C)C.I. The Morgan fingerprint density at radius 1 is 1.30 bits per heavy atom. The number of rotatable bonds is 8. The van der Waals surface area contributed by atoms with Crippen LogP contribution >= 0.6 is 24.0 Å². The number of piperidine rings is 1. The molecule has 156 valence electrons. The van der Waals surface area contributed by atoms with Gasteiger partial charge in [0.2, 0.25) is 11.8 Å². The van der Waals surface area contributed by atoms with Gasteiger partial charge < -0.3 is 15.4 Å². The van der Waals surface area contributed by atoms with Crippen LogP contribution in [0, 0.1) is 5.41 Å². The highest BCUT2D eigenvalue weighted by atomic mass is 127. The molecule has 1 saturated carbocycles. The van der Waals surface area contributed by atoms with E-state index in [1.807, 2.05) is 0 Å². The van der Waals surface area contributed by atoms with Crippen molar-refractivity contribution in [2.75, 3.05) is 26.7 Å². The van der Waals surface area contributed by atoms with Crippen LogP contribution in [-0.4, -0.2) is 61.6 Å². The Morgan fingerprint density at radius 3 is 2.52 bits per heavy atom. The summed E-state index contributed by atoms with van der Waals surface area (Å²) in [5.41, 5.74) is 0.0458. The fraction of sp³-hybridized carbons (Fsp3) is 0.842. The lowest BCUT2D eigenvalue weighted by Gasteiger charge is -2.52. The molecule has 7 nitrogen and oxygen atoms in total. The predicted molar refractivity (Wildman–Crippen MR) is 117 cm³/mol. The Labute approximate surface area is 180 Å². The molecule has 2 aliphatic rings. The number of nitrogens with one attached hydrogen (secondary N) is 2. The summed E-state index contributed by atoms with van der Waals surface area (Å²) < 4.78 is 5.98. The molecule has 1 aliphatic carbocycles. The van der Waals surface area contributed by atoms with Gasteiger partial charge in [0.15, 0.2) is 5.96 Å². The number of amides is 2. The molecular weight excluding hydrogens is 459 g/mol. The zero-order valence-electron chi connectivity index (χ0n) is 17.0. The van der Waals surface area contributed by atoms with Crippen molar-refractivity contribution >= 4 is 41.8 Å². The second-order valence-corrected chi connectivity index (χ2v) is 7.76. The van der Waals surface area contributed by atoms with Crippen LogP contribution in [0.25, 0.3) is 0 Å². The third-order valence-corrected chi connectivity index (χ3v) is 5.54. The van der Waals surface area contributed by atoms with Gasteiger partial charge in [0, 0.05) is 51.0 Å². The number of nitrogens with zero attached hydrogens (tertiary/aromatic N) is 2. The van der Waals surface area contributed by atoms with Gasteiger partial charge in [0.1, 0.15) is 0 Å². The molecule has 2 amide bonds. The van der Waals surface area contributed by atoms with Gasteiger partial charge in [0.25, 0.3) is 0 Å². The van der Waals surface area contributed by atoms with Crippen LogP contribution in [0.3, 0.4) is 0 Å². The molecule has 2 N–H and O–H groups in total.